The fourth-order valence-corrected chi connectivity index (χ4v) is 4.35. The maximum atomic E-state index is 12.7. The second-order valence-corrected chi connectivity index (χ2v) is 8.71. The molecule has 2 aromatic carbocycles. The zero-order valence-corrected chi connectivity index (χ0v) is 18.5. The van der Waals surface area contributed by atoms with Crippen LogP contribution in [0.4, 0.5) is 19.1 Å². The molecule has 32 heavy (non-hydrogen) atoms. The Morgan fingerprint density at radius 3 is 2.34 bits per heavy atom. The molecule has 1 aliphatic rings. The van der Waals surface area contributed by atoms with Crippen molar-refractivity contribution in [3.8, 4) is 0 Å². The van der Waals surface area contributed by atoms with Crippen LogP contribution in [0.1, 0.15) is 22.6 Å². The van der Waals surface area contributed by atoms with Crippen LogP contribution in [0.5, 0.6) is 0 Å². The predicted octanol–water partition coefficient (Wildman–Crippen LogP) is 6.13. The van der Waals surface area contributed by atoms with E-state index < -0.39 is 11.7 Å². The van der Waals surface area contributed by atoms with Gasteiger partial charge in [0.05, 0.1) is 15.6 Å². The number of likely N-dealkylation sites (tertiary alicyclic amines) is 1. The minimum atomic E-state index is -4.46. The molecule has 0 radical (unpaired) electrons. The molecule has 1 saturated heterocycles. The second-order valence-electron chi connectivity index (χ2n) is 7.89. The predicted molar refractivity (Wildman–Crippen MR) is 120 cm³/mol. The van der Waals surface area contributed by atoms with E-state index in [1.54, 1.807) is 6.07 Å². The molecule has 0 aliphatic carbocycles. The number of anilines is 1. The summed E-state index contributed by atoms with van der Waals surface area (Å²) < 4.78 is 38.2. The number of halogens is 5. The summed E-state index contributed by atoms with van der Waals surface area (Å²) in [7, 11) is 0. The molecule has 2 heterocycles. The van der Waals surface area contributed by atoms with E-state index in [4.69, 9.17) is 23.2 Å². The molecule has 3 aromatic rings. The maximum absolute atomic E-state index is 12.7. The number of alkyl halides is 3. The lowest BCUT2D eigenvalue weighted by atomic mass is 9.89. The van der Waals surface area contributed by atoms with Crippen LogP contribution in [0, 0.1) is 5.92 Å². The summed E-state index contributed by atoms with van der Waals surface area (Å²) in [6, 6.07) is 15.9. The topological polar surface area (TPSA) is 41.1 Å². The molecule has 1 aliphatic heterocycles. The van der Waals surface area contributed by atoms with Crippen LogP contribution in [-0.4, -0.2) is 34.5 Å². The highest BCUT2D eigenvalue weighted by atomic mass is 35.5. The third-order valence-corrected chi connectivity index (χ3v) is 6.38. The number of nitrogens with one attached hydrogen (secondary N) is 1. The highest BCUT2D eigenvalue weighted by molar-refractivity contribution is 6.42. The summed E-state index contributed by atoms with van der Waals surface area (Å²) in [6.07, 6.45) is -2.87. The number of hydrogen-bond acceptors (Lipinski definition) is 4. The number of hydrogen-bond donors (Lipinski definition) is 1. The van der Waals surface area contributed by atoms with Crippen molar-refractivity contribution in [1.82, 2.24) is 14.9 Å². The van der Waals surface area contributed by atoms with Gasteiger partial charge in [-0.1, -0.05) is 59.6 Å². The average molecular weight is 481 g/mol. The van der Waals surface area contributed by atoms with Crippen molar-refractivity contribution >= 4 is 29.2 Å². The molecule has 1 aromatic heterocycles. The summed E-state index contributed by atoms with van der Waals surface area (Å²) in [5.74, 6) is 0.532. The van der Waals surface area contributed by atoms with Crippen LogP contribution in [-0.2, 0) is 12.7 Å². The SMILES string of the molecule is FC(F)(F)c1cnc(NC[C@H]2CN(Cc3ccccc3)C[C@@H]2c2ccc(Cl)c(Cl)c2)nc1. The summed E-state index contributed by atoms with van der Waals surface area (Å²) in [5.41, 5.74) is 1.43. The van der Waals surface area contributed by atoms with Crippen molar-refractivity contribution in [1.29, 1.82) is 0 Å². The lowest BCUT2D eigenvalue weighted by molar-refractivity contribution is -0.138. The fourth-order valence-electron chi connectivity index (χ4n) is 4.05. The van der Waals surface area contributed by atoms with Crippen LogP contribution in [0.3, 0.4) is 0 Å². The smallest absolute Gasteiger partial charge is 0.354 e. The molecule has 0 amide bonds. The van der Waals surface area contributed by atoms with E-state index in [0.717, 1.165) is 37.6 Å². The van der Waals surface area contributed by atoms with Gasteiger partial charge in [0.15, 0.2) is 0 Å². The van der Waals surface area contributed by atoms with Crippen molar-refractivity contribution in [2.24, 2.45) is 5.92 Å². The standard InChI is InChI=1S/C23H21Cl2F3N4/c24-20-7-6-16(8-21(20)25)19-14-32(12-15-4-2-1-3-5-15)13-17(19)9-29-22-30-10-18(11-31-22)23(26,27)28/h1-8,10-11,17,19H,9,12-14H2,(H,29,30,31)/t17-,19+/m0/s1. The Kier molecular flexibility index (Phi) is 6.88. The molecule has 2 atom stereocenters. The molecule has 1 N–H and O–H groups in total. The normalized spacial score (nSPS) is 19.3. The average Bonchev–Trinajstić information content (AvgIpc) is 3.17. The molecule has 4 rings (SSSR count). The zero-order chi connectivity index (χ0) is 22.7. The highest BCUT2D eigenvalue weighted by Crippen LogP contribution is 2.36. The molecule has 0 saturated carbocycles. The van der Waals surface area contributed by atoms with Crippen molar-refractivity contribution in [2.45, 2.75) is 18.6 Å². The van der Waals surface area contributed by atoms with Crippen molar-refractivity contribution in [3.05, 3.63) is 87.7 Å². The summed E-state index contributed by atoms with van der Waals surface area (Å²) in [5, 5.41) is 4.11. The molecule has 4 nitrogen and oxygen atoms in total. The van der Waals surface area contributed by atoms with E-state index in [1.165, 1.54) is 5.56 Å². The molecular weight excluding hydrogens is 460 g/mol. The van der Waals surface area contributed by atoms with Crippen LogP contribution in [0.15, 0.2) is 60.9 Å². The second kappa shape index (κ2) is 9.65. The Bertz CT molecular complexity index is 1050. The lowest BCUT2D eigenvalue weighted by Gasteiger charge is -2.20. The van der Waals surface area contributed by atoms with Crippen LogP contribution >= 0.6 is 23.2 Å². The first kappa shape index (κ1) is 22.8. The quantitative estimate of drug-likeness (QED) is 0.460. The van der Waals surface area contributed by atoms with Crippen molar-refractivity contribution < 1.29 is 13.2 Å². The highest BCUT2D eigenvalue weighted by Gasteiger charge is 2.34. The van der Waals surface area contributed by atoms with Gasteiger partial charge in [0.2, 0.25) is 5.95 Å². The van der Waals surface area contributed by atoms with E-state index in [2.05, 4.69) is 32.3 Å². The third-order valence-electron chi connectivity index (χ3n) is 5.64. The van der Waals surface area contributed by atoms with E-state index in [9.17, 15) is 13.2 Å². The Morgan fingerprint density at radius 2 is 1.69 bits per heavy atom. The van der Waals surface area contributed by atoms with Crippen LogP contribution in [0.2, 0.25) is 10.0 Å². The van der Waals surface area contributed by atoms with Gasteiger partial charge in [-0.25, -0.2) is 9.97 Å². The first-order chi connectivity index (χ1) is 15.3. The van der Waals surface area contributed by atoms with Gasteiger partial charge in [0, 0.05) is 44.5 Å². The molecule has 0 bridgehead atoms. The van der Waals surface area contributed by atoms with Crippen LogP contribution < -0.4 is 5.32 Å². The third kappa shape index (κ3) is 5.52. The van der Waals surface area contributed by atoms with Crippen LogP contribution in [0.25, 0.3) is 0 Å². The van der Waals surface area contributed by atoms with Gasteiger partial charge in [-0.15, -0.1) is 0 Å². The Labute approximate surface area is 194 Å². The first-order valence-corrected chi connectivity index (χ1v) is 10.9. The van der Waals surface area contributed by atoms with Gasteiger partial charge in [-0.05, 0) is 29.2 Å². The summed E-state index contributed by atoms with van der Waals surface area (Å²) in [6.45, 7) is 2.97. The van der Waals surface area contributed by atoms with Gasteiger partial charge in [0.1, 0.15) is 0 Å². The molecule has 0 unspecified atom stereocenters. The summed E-state index contributed by atoms with van der Waals surface area (Å²) >= 11 is 12.4. The number of rotatable bonds is 6. The van der Waals surface area contributed by atoms with Gasteiger partial charge in [-0.3, -0.25) is 4.90 Å². The minimum Gasteiger partial charge on any atom is -0.354 e. The largest absolute Gasteiger partial charge is 0.419 e. The van der Waals surface area contributed by atoms with Crippen molar-refractivity contribution in [3.63, 3.8) is 0 Å². The van der Waals surface area contributed by atoms with E-state index in [-0.39, 0.29) is 17.8 Å². The van der Waals surface area contributed by atoms with E-state index in [1.807, 2.05) is 30.3 Å². The number of aromatic nitrogens is 2. The zero-order valence-electron chi connectivity index (χ0n) is 17.0. The Hall–Kier alpha value is -2.35. The molecular formula is C23H21Cl2F3N4. The monoisotopic (exact) mass is 480 g/mol. The maximum Gasteiger partial charge on any atom is 0.419 e. The fraction of sp³-hybridized carbons (Fsp3) is 0.304. The van der Waals surface area contributed by atoms with Gasteiger partial charge >= 0.3 is 6.18 Å². The van der Waals surface area contributed by atoms with Gasteiger partial charge in [0.25, 0.3) is 0 Å². The molecule has 0 spiro atoms. The minimum absolute atomic E-state index is 0.174. The number of nitrogens with zero attached hydrogens (tertiary/aromatic N) is 3. The molecule has 9 heteroatoms. The van der Waals surface area contributed by atoms with Crippen molar-refractivity contribution in [2.75, 3.05) is 25.0 Å². The first-order valence-electron chi connectivity index (χ1n) is 10.1. The Balaban J connectivity index is 1.49. The lowest BCUT2D eigenvalue weighted by Crippen LogP contribution is -2.23. The van der Waals surface area contributed by atoms with Gasteiger partial charge in [-0.2, -0.15) is 13.2 Å². The Morgan fingerprint density at radius 1 is 0.969 bits per heavy atom. The van der Waals surface area contributed by atoms with E-state index in [0.29, 0.717) is 16.6 Å². The molecule has 1 fully saturated rings. The number of benzene rings is 2. The molecule has 168 valence electrons. The van der Waals surface area contributed by atoms with E-state index >= 15 is 0 Å². The summed E-state index contributed by atoms with van der Waals surface area (Å²) in [4.78, 5) is 10.0. The van der Waals surface area contributed by atoms with Gasteiger partial charge < -0.3 is 5.32 Å².